The Kier molecular flexibility index (Phi) is 2.90. The second kappa shape index (κ2) is 4.57. The summed E-state index contributed by atoms with van der Waals surface area (Å²) in [4.78, 5) is 14.3. The Bertz CT molecular complexity index is 636. The third-order valence-corrected chi connectivity index (χ3v) is 3.91. The predicted molar refractivity (Wildman–Crippen MR) is 75.3 cm³/mol. The smallest absolute Gasteiger partial charge is 0.257 e. The maximum absolute atomic E-state index is 12.5. The summed E-state index contributed by atoms with van der Waals surface area (Å²) < 4.78 is 0. The van der Waals surface area contributed by atoms with Crippen LogP contribution in [-0.2, 0) is 0 Å². The molecule has 98 valence electrons. The summed E-state index contributed by atoms with van der Waals surface area (Å²) in [7, 11) is 0. The third kappa shape index (κ3) is 2.05. The van der Waals surface area contributed by atoms with Crippen LogP contribution >= 0.6 is 0 Å². The normalized spacial score (nSPS) is 19.0. The summed E-state index contributed by atoms with van der Waals surface area (Å²) in [6.07, 6.45) is 2.08. The quantitative estimate of drug-likeness (QED) is 0.850. The van der Waals surface area contributed by atoms with Gasteiger partial charge in [-0.2, -0.15) is 0 Å². The van der Waals surface area contributed by atoms with Crippen molar-refractivity contribution in [3.8, 4) is 5.75 Å². The molecule has 3 heteroatoms. The Labute approximate surface area is 112 Å². The number of phenolic OH excluding ortho intramolecular Hbond substituents is 1. The Morgan fingerprint density at radius 2 is 1.95 bits per heavy atom. The number of fused-ring (bicyclic) bond motifs is 1. The minimum atomic E-state index is -0.0618. The van der Waals surface area contributed by atoms with Crippen LogP contribution in [0.25, 0.3) is 10.8 Å². The van der Waals surface area contributed by atoms with Crippen molar-refractivity contribution in [3.05, 3.63) is 42.0 Å². The van der Waals surface area contributed by atoms with E-state index in [0.717, 1.165) is 30.2 Å². The van der Waals surface area contributed by atoms with E-state index in [2.05, 4.69) is 6.92 Å². The van der Waals surface area contributed by atoms with Crippen LogP contribution < -0.4 is 0 Å². The van der Waals surface area contributed by atoms with Crippen LogP contribution in [0, 0.1) is 0 Å². The summed E-state index contributed by atoms with van der Waals surface area (Å²) in [5, 5.41) is 12.0. The molecule has 1 saturated heterocycles. The van der Waals surface area contributed by atoms with Gasteiger partial charge in [0.1, 0.15) is 5.75 Å². The number of aromatic hydroxyl groups is 1. The molecule has 3 nitrogen and oxygen atoms in total. The fraction of sp³-hybridized carbons (Fsp3) is 0.312. The summed E-state index contributed by atoms with van der Waals surface area (Å²) in [5.74, 6) is 0.0102. The minimum Gasteiger partial charge on any atom is -0.507 e. The standard InChI is InChI=1S/C16H17NO2/c1-11-5-4-8-17(11)16(19)14-9-12-6-2-3-7-13(12)10-15(14)18/h2-3,6-7,9-11,18H,4-5,8H2,1H3. The molecule has 0 aromatic heterocycles. The Hall–Kier alpha value is -2.03. The highest BCUT2D eigenvalue weighted by atomic mass is 16.3. The molecule has 1 fully saturated rings. The summed E-state index contributed by atoms with van der Waals surface area (Å²) >= 11 is 0. The molecule has 0 bridgehead atoms. The van der Waals surface area contributed by atoms with Gasteiger partial charge in [-0.15, -0.1) is 0 Å². The van der Waals surface area contributed by atoms with Crippen molar-refractivity contribution in [1.82, 2.24) is 4.90 Å². The van der Waals surface area contributed by atoms with Crippen LogP contribution in [-0.4, -0.2) is 28.5 Å². The van der Waals surface area contributed by atoms with Gasteiger partial charge in [0.15, 0.2) is 0 Å². The van der Waals surface area contributed by atoms with E-state index in [4.69, 9.17) is 0 Å². The van der Waals surface area contributed by atoms with Crippen LogP contribution in [0.5, 0.6) is 5.75 Å². The first-order valence-corrected chi connectivity index (χ1v) is 6.69. The number of hydrogen-bond donors (Lipinski definition) is 1. The van der Waals surface area contributed by atoms with Crippen LogP contribution in [0.4, 0.5) is 0 Å². The molecule has 1 aliphatic heterocycles. The van der Waals surface area contributed by atoms with Gasteiger partial charge in [0.25, 0.3) is 5.91 Å². The van der Waals surface area contributed by atoms with Gasteiger partial charge in [-0.1, -0.05) is 24.3 Å². The lowest BCUT2D eigenvalue weighted by Crippen LogP contribution is -2.33. The average Bonchev–Trinajstić information content (AvgIpc) is 2.83. The SMILES string of the molecule is CC1CCCN1C(=O)c1cc2ccccc2cc1O. The molecule has 1 amide bonds. The van der Waals surface area contributed by atoms with Gasteiger partial charge in [0.2, 0.25) is 0 Å². The van der Waals surface area contributed by atoms with Gasteiger partial charge in [-0.05, 0) is 42.7 Å². The molecule has 0 spiro atoms. The van der Waals surface area contributed by atoms with Crippen LogP contribution in [0.3, 0.4) is 0 Å². The number of nitrogens with zero attached hydrogens (tertiary/aromatic N) is 1. The number of likely N-dealkylation sites (tertiary alicyclic amines) is 1. The van der Waals surface area contributed by atoms with Crippen LogP contribution in [0.2, 0.25) is 0 Å². The second-order valence-corrected chi connectivity index (χ2v) is 5.21. The van der Waals surface area contributed by atoms with E-state index in [1.807, 2.05) is 29.2 Å². The summed E-state index contributed by atoms with van der Waals surface area (Å²) in [6.45, 7) is 2.84. The lowest BCUT2D eigenvalue weighted by Gasteiger charge is -2.22. The fourth-order valence-electron chi connectivity index (χ4n) is 2.79. The number of phenols is 1. The minimum absolute atomic E-state index is 0.0618. The van der Waals surface area contributed by atoms with E-state index in [1.165, 1.54) is 0 Å². The second-order valence-electron chi connectivity index (χ2n) is 5.21. The molecule has 1 aliphatic rings. The zero-order valence-electron chi connectivity index (χ0n) is 11.0. The number of benzene rings is 2. The first-order chi connectivity index (χ1) is 9.16. The monoisotopic (exact) mass is 255 g/mol. The van der Waals surface area contributed by atoms with E-state index >= 15 is 0 Å². The van der Waals surface area contributed by atoms with Crippen LogP contribution in [0.1, 0.15) is 30.1 Å². The van der Waals surface area contributed by atoms with E-state index in [0.29, 0.717) is 5.56 Å². The Balaban J connectivity index is 2.04. The average molecular weight is 255 g/mol. The molecule has 0 radical (unpaired) electrons. The van der Waals surface area contributed by atoms with Gasteiger partial charge >= 0.3 is 0 Å². The number of carbonyl (C=O) groups excluding carboxylic acids is 1. The van der Waals surface area contributed by atoms with E-state index < -0.39 is 0 Å². The first-order valence-electron chi connectivity index (χ1n) is 6.69. The fourth-order valence-corrected chi connectivity index (χ4v) is 2.79. The lowest BCUT2D eigenvalue weighted by molar-refractivity contribution is 0.0744. The molecule has 3 rings (SSSR count). The molecule has 0 saturated carbocycles. The topological polar surface area (TPSA) is 40.5 Å². The molecule has 2 aromatic rings. The van der Waals surface area contributed by atoms with Crippen molar-refractivity contribution < 1.29 is 9.90 Å². The first kappa shape index (κ1) is 12.0. The van der Waals surface area contributed by atoms with Gasteiger partial charge in [-0.3, -0.25) is 4.79 Å². The van der Waals surface area contributed by atoms with Gasteiger partial charge in [0.05, 0.1) is 5.56 Å². The predicted octanol–water partition coefficient (Wildman–Crippen LogP) is 3.17. The molecule has 19 heavy (non-hydrogen) atoms. The maximum atomic E-state index is 12.5. The maximum Gasteiger partial charge on any atom is 0.257 e. The molecule has 1 N–H and O–H groups in total. The largest absolute Gasteiger partial charge is 0.507 e. The molecule has 0 aliphatic carbocycles. The van der Waals surface area contributed by atoms with Gasteiger partial charge in [-0.25, -0.2) is 0 Å². The van der Waals surface area contributed by atoms with Crippen molar-refractivity contribution in [2.75, 3.05) is 6.54 Å². The van der Waals surface area contributed by atoms with E-state index in [9.17, 15) is 9.90 Å². The molecule has 1 heterocycles. The molecule has 1 atom stereocenters. The van der Waals surface area contributed by atoms with E-state index in [1.54, 1.807) is 12.1 Å². The zero-order valence-corrected chi connectivity index (χ0v) is 11.0. The Morgan fingerprint density at radius 1 is 1.26 bits per heavy atom. The highest BCUT2D eigenvalue weighted by molar-refractivity contribution is 6.01. The van der Waals surface area contributed by atoms with Gasteiger partial charge < -0.3 is 10.0 Å². The van der Waals surface area contributed by atoms with Crippen molar-refractivity contribution in [2.24, 2.45) is 0 Å². The summed E-state index contributed by atoms with van der Waals surface area (Å²) in [5.41, 5.74) is 0.410. The lowest BCUT2D eigenvalue weighted by atomic mass is 10.0. The van der Waals surface area contributed by atoms with Crippen molar-refractivity contribution in [1.29, 1.82) is 0 Å². The van der Waals surface area contributed by atoms with Crippen LogP contribution in [0.15, 0.2) is 36.4 Å². The highest BCUT2D eigenvalue weighted by Crippen LogP contribution is 2.28. The van der Waals surface area contributed by atoms with Crippen molar-refractivity contribution >= 4 is 16.7 Å². The zero-order chi connectivity index (χ0) is 13.4. The summed E-state index contributed by atoms with van der Waals surface area (Å²) in [6, 6.07) is 11.5. The van der Waals surface area contributed by atoms with E-state index in [-0.39, 0.29) is 17.7 Å². The Morgan fingerprint density at radius 3 is 2.58 bits per heavy atom. The highest BCUT2D eigenvalue weighted by Gasteiger charge is 2.27. The number of carbonyl (C=O) groups is 1. The number of amides is 1. The van der Waals surface area contributed by atoms with Gasteiger partial charge in [0, 0.05) is 12.6 Å². The molecule has 2 aromatic carbocycles. The van der Waals surface area contributed by atoms with Crippen molar-refractivity contribution in [2.45, 2.75) is 25.8 Å². The molecular formula is C16H17NO2. The molecular weight excluding hydrogens is 238 g/mol. The third-order valence-electron chi connectivity index (χ3n) is 3.91. The number of rotatable bonds is 1. The molecule has 1 unspecified atom stereocenters. The number of hydrogen-bond acceptors (Lipinski definition) is 2. The van der Waals surface area contributed by atoms with Crippen molar-refractivity contribution in [3.63, 3.8) is 0 Å².